The Bertz CT molecular complexity index is 1370. The number of benzene rings is 2. The van der Waals surface area contributed by atoms with Crippen LogP contribution < -0.4 is 5.32 Å². The van der Waals surface area contributed by atoms with E-state index < -0.39 is 40.9 Å². The Morgan fingerprint density at radius 1 is 0.929 bits per heavy atom. The first-order chi connectivity index (χ1) is 19.6. The van der Waals surface area contributed by atoms with Crippen molar-refractivity contribution in [1.29, 1.82) is 0 Å². The zero-order valence-electron chi connectivity index (χ0n) is 25.7. The van der Waals surface area contributed by atoms with Crippen LogP contribution in [-0.4, -0.2) is 51.9 Å². The Balaban J connectivity index is 1.63. The molecule has 8 heteroatoms. The quantitative estimate of drug-likeness (QED) is 0.272. The van der Waals surface area contributed by atoms with Crippen LogP contribution in [-0.2, 0) is 32.1 Å². The molecule has 0 spiro atoms. The van der Waals surface area contributed by atoms with E-state index in [-0.39, 0.29) is 36.2 Å². The van der Waals surface area contributed by atoms with E-state index in [1.165, 1.54) is 6.92 Å². The number of carbonyl (C=O) groups excluding carboxylic acids is 6. The van der Waals surface area contributed by atoms with Crippen LogP contribution >= 0.6 is 0 Å². The van der Waals surface area contributed by atoms with Gasteiger partial charge in [-0.05, 0) is 48.8 Å². The van der Waals surface area contributed by atoms with Gasteiger partial charge in [0.25, 0.3) is 5.91 Å². The van der Waals surface area contributed by atoms with E-state index in [1.807, 2.05) is 32.9 Å². The van der Waals surface area contributed by atoms with Crippen LogP contribution in [0.4, 0.5) is 0 Å². The molecule has 0 saturated heterocycles. The average molecular weight is 575 g/mol. The van der Waals surface area contributed by atoms with Gasteiger partial charge in [-0.1, -0.05) is 77.1 Å². The minimum Gasteiger partial charge on any atom is -0.345 e. The van der Waals surface area contributed by atoms with Crippen LogP contribution in [0.2, 0.25) is 0 Å². The molecule has 2 aromatic rings. The molecule has 42 heavy (non-hydrogen) atoms. The first-order valence-corrected chi connectivity index (χ1v) is 14.5. The summed E-state index contributed by atoms with van der Waals surface area (Å²) in [5, 5.41) is 2.78. The van der Waals surface area contributed by atoms with E-state index in [9.17, 15) is 28.8 Å². The average Bonchev–Trinajstić information content (AvgIpc) is 3.24. The van der Waals surface area contributed by atoms with Gasteiger partial charge >= 0.3 is 0 Å². The van der Waals surface area contributed by atoms with Crippen molar-refractivity contribution < 1.29 is 28.8 Å². The topological polar surface area (TPSA) is 118 Å². The zero-order chi connectivity index (χ0) is 31.4. The minimum absolute atomic E-state index is 0.00145. The Kier molecular flexibility index (Phi) is 10.4. The largest absolute Gasteiger partial charge is 0.345 e. The zero-order valence-corrected chi connectivity index (χ0v) is 25.7. The highest BCUT2D eigenvalue weighted by Gasteiger charge is 2.43. The molecule has 0 radical (unpaired) electrons. The summed E-state index contributed by atoms with van der Waals surface area (Å²) in [5.41, 5.74) is 2.22. The van der Waals surface area contributed by atoms with Gasteiger partial charge < -0.3 is 10.2 Å². The van der Waals surface area contributed by atoms with Crippen molar-refractivity contribution in [2.75, 3.05) is 0 Å². The normalized spacial score (nSPS) is 15.1. The maximum atomic E-state index is 13.5. The van der Waals surface area contributed by atoms with Crippen molar-refractivity contribution in [3.63, 3.8) is 0 Å². The van der Waals surface area contributed by atoms with Crippen LogP contribution in [0.25, 0.3) is 0 Å². The van der Waals surface area contributed by atoms with Gasteiger partial charge in [-0.2, -0.15) is 0 Å². The summed E-state index contributed by atoms with van der Waals surface area (Å²) in [6.07, 6.45) is 0.175. The van der Waals surface area contributed by atoms with Crippen molar-refractivity contribution >= 4 is 34.9 Å². The second kappa shape index (κ2) is 13.4. The molecule has 0 saturated carbocycles. The summed E-state index contributed by atoms with van der Waals surface area (Å²) in [4.78, 5) is 78.9. The number of nitrogens with one attached hydrogen (secondary N) is 1. The number of rotatable bonds is 13. The Hall–Kier alpha value is -3.94. The monoisotopic (exact) mass is 574 g/mol. The van der Waals surface area contributed by atoms with E-state index in [4.69, 9.17) is 0 Å². The van der Waals surface area contributed by atoms with E-state index in [0.29, 0.717) is 24.1 Å². The molecule has 0 aliphatic carbocycles. The number of amides is 2. The minimum atomic E-state index is -0.911. The highest BCUT2D eigenvalue weighted by atomic mass is 16.2. The Morgan fingerprint density at radius 2 is 1.55 bits per heavy atom. The third-order valence-corrected chi connectivity index (χ3v) is 7.91. The van der Waals surface area contributed by atoms with Crippen molar-refractivity contribution in [2.45, 2.75) is 86.4 Å². The summed E-state index contributed by atoms with van der Waals surface area (Å²) in [6, 6.07) is 12.4. The molecule has 3 rings (SSSR count). The summed E-state index contributed by atoms with van der Waals surface area (Å²) < 4.78 is 0. The Labute approximate surface area is 248 Å². The third kappa shape index (κ3) is 7.66. The predicted molar refractivity (Wildman–Crippen MR) is 160 cm³/mol. The maximum absolute atomic E-state index is 13.5. The molecule has 0 bridgehead atoms. The highest BCUT2D eigenvalue weighted by molar-refractivity contribution is 6.38. The van der Waals surface area contributed by atoms with Crippen LogP contribution in [0.15, 0.2) is 48.5 Å². The lowest BCUT2D eigenvalue weighted by Crippen LogP contribution is -2.56. The molecule has 2 aromatic carbocycles. The number of ketones is 4. The first kappa shape index (κ1) is 32.6. The van der Waals surface area contributed by atoms with Crippen molar-refractivity contribution in [3.8, 4) is 0 Å². The highest BCUT2D eigenvalue weighted by Crippen LogP contribution is 2.32. The van der Waals surface area contributed by atoms with Gasteiger partial charge in [0, 0.05) is 36.4 Å². The predicted octanol–water partition coefficient (Wildman–Crippen LogP) is 4.77. The molecule has 0 fully saturated rings. The fourth-order valence-electron chi connectivity index (χ4n) is 5.38. The van der Waals surface area contributed by atoms with Gasteiger partial charge in [0.05, 0.1) is 6.04 Å². The van der Waals surface area contributed by atoms with Crippen molar-refractivity contribution in [1.82, 2.24) is 10.2 Å². The van der Waals surface area contributed by atoms with Gasteiger partial charge in [-0.25, -0.2) is 0 Å². The number of hydrogen-bond acceptors (Lipinski definition) is 6. The molecule has 2 amide bonds. The molecule has 1 aliphatic rings. The fourth-order valence-corrected chi connectivity index (χ4v) is 5.38. The van der Waals surface area contributed by atoms with Crippen molar-refractivity contribution in [3.05, 3.63) is 70.8 Å². The SMILES string of the molecule is CC(=O)c1ccc(CCC(=O)C(=O)[C@@H](CC(=O)[C@H](C)NC(=O)[C@@H](N2Cc3ccccc3C2=O)C(C)(C)C)C(C)C)cc1. The van der Waals surface area contributed by atoms with E-state index >= 15 is 0 Å². The smallest absolute Gasteiger partial charge is 0.255 e. The first-order valence-electron chi connectivity index (χ1n) is 14.5. The van der Waals surface area contributed by atoms with Gasteiger partial charge in [-0.15, -0.1) is 0 Å². The van der Waals surface area contributed by atoms with Gasteiger partial charge in [0.2, 0.25) is 11.7 Å². The second-order valence-corrected chi connectivity index (χ2v) is 12.7. The standard InChI is InChI=1S/C34H42N2O6/c1-20(2)27(30(40)28(38)17-14-23-12-15-24(16-13-23)22(4)37)18-29(39)21(3)35-32(41)31(34(5,6)7)36-19-25-10-8-9-11-26(25)33(36)42/h8-13,15-16,20-21,27,31H,14,17-19H2,1-7H3,(H,35,41)/t21-,27-,31+/m0/s1. The number of carbonyl (C=O) groups is 6. The van der Waals surface area contributed by atoms with E-state index in [0.717, 1.165) is 11.1 Å². The lowest BCUT2D eigenvalue weighted by molar-refractivity contribution is -0.141. The summed E-state index contributed by atoms with van der Waals surface area (Å²) in [5.74, 6) is -3.27. The Morgan fingerprint density at radius 3 is 2.10 bits per heavy atom. The molecular weight excluding hydrogens is 532 g/mol. The summed E-state index contributed by atoms with van der Waals surface area (Å²) in [7, 11) is 0. The molecule has 0 aromatic heterocycles. The molecular formula is C34H42N2O6. The fraction of sp³-hybridized carbons (Fsp3) is 0.471. The lowest BCUT2D eigenvalue weighted by Gasteiger charge is -2.37. The lowest BCUT2D eigenvalue weighted by atomic mass is 9.82. The summed E-state index contributed by atoms with van der Waals surface area (Å²) in [6.45, 7) is 12.5. The van der Waals surface area contributed by atoms with E-state index in [2.05, 4.69) is 5.32 Å². The van der Waals surface area contributed by atoms with Crippen molar-refractivity contribution in [2.24, 2.45) is 17.3 Å². The molecule has 8 nitrogen and oxygen atoms in total. The third-order valence-electron chi connectivity index (χ3n) is 7.91. The second-order valence-electron chi connectivity index (χ2n) is 12.7. The molecule has 3 atom stereocenters. The maximum Gasteiger partial charge on any atom is 0.255 e. The number of aryl methyl sites for hydroxylation is 1. The number of hydrogen-bond donors (Lipinski definition) is 1. The van der Waals surface area contributed by atoms with Crippen LogP contribution in [0, 0.1) is 17.3 Å². The molecule has 1 N–H and O–H groups in total. The van der Waals surface area contributed by atoms with E-state index in [1.54, 1.807) is 62.1 Å². The van der Waals surface area contributed by atoms with Crippen LogP contribution in [0.5, 0.6) is 0 Å². The molecule has 1 aliphatic heterocycles. The number of fused-ring (bicyclic) bond motifs is 1. The van der Waals surface area contributed by atoms with Gasteiger partial charge in [0.1, 0.15) is 6.04 Å². The van der Waals surface area contributed by atoms with Crippen LogP contribution in [0.3, 0.4) is 0 Å². The number of nitrogens with zero attached hydrogens (tertiary/aromatic N) is 1. The molecule has 224 valence electrons. The van der Waals surface area contributed by atoms with Crippen LogP contribution in [0.1, 0.15) is 93.2 Å². The number of Topliss-reactive ketones (excluding diaryl/α,β-unsaturated/α-hetero) is 4. The van der Waals surface area contributed by atoms with Gasteiger partial charge in [-0.3, -0.25) is 28.8 Å². The molecule has 1 heterocycles. The van der Waals surface area contributed by atoms with Gasteiger partial charge in [0.15, 0.2) is 17.3 Å². The molecule has 0 unspecified atom stereocenters. The summed E-state index contributed by atoms with van der Waals surface area (Å²) >= 11 is 0.